The van der Waals surface area contributed by atoms with E-state index in [0.29, 0.717) is 18.5 Å². The molecule has 0 saturated carbocycles. The second kappa shape index (κ2) is 7.60. The van der Waals surface area contributed by atoms with Crippen LogP contribution < -0.4 is 10.2 Å². The van der Waals surface area contributed by atoms with Crippen molar-refractivity contribution in [3.8, 4) is 0 Å². The fraction of sp³-hybridized carbons (Fsp3) is 0.619. The Labute approximate surface area is 160 Å². The molecule has 0 radical (unpaired) electrons. The number of piperidine rings is 1. The summed E-state index contributed by atoms with van der Waals surface area (Å²) in [5, 5.41) is 7.70. The van der Waals surface area contributed by atoms with Crippen LogP contribution in [0.3, 0.4) is 0 Å². The molecule has 27 heavy (non-hydrogen) atoms. The summed E-state index contributed by atoms with van der Waals surface area (Å²) in [5.41, 5.74) is 4.51. The van der Waals surface area contributed by atoms with Crippen molar-refractivity contribution in [2.75, 3.05) is 24.6 Å². The van der Waals surface area contributed by atoms with E-state index >= 15 is 0 Å². The van der Waals surface area contributed by atoms with Crippen LogP contribution in [0.5, 0.6) is 0 Å². The van der Waals surface area contributed by atoms with Crippen molar-refractivity contribution in [1.82, 2.24) is 15.5 Å². The largest absolute Gasteiger partial charge is 0.371 e. The number of rotatable bonds is 5. The van der Waals surface area contributed by atoms with E-state index in [1.165, 1.54) is 24.9 Å². The summed E-state index contributed by atoms with van der Waals surface area (Å²) in [7, 11) is 0. The summed E-state index contributed by atoms with van der Waals surface area (Å²) in [6, 6.07) is 7.58. The van der Waals surface area contributed by atoms with Gasteiger partial charge in [-0.25, -0.2) is 0 Å². The Balaban J connectivity index is 1.11. The molecule has 1 unspecified atom stereocenters. The van der Waals surface area contributed by atoms with Gasteiger partial charge in [0.15, 0.2) is 5.82 Å². The zero-order valence-electron chi connectivity index (χ0n) is 15.8. The Morgan fingerprint density at radius 1 is 1.07 bits per heavy atom. The minimum absolute atomic E-state index is 0.00168. The van der Waals surface area contributed by atoms with Gasteiger partial charge in [-0.05, 0) is 68.2 Å². The molecule has 1 aromatic heterocycles. The highest BCUT2D eigenvalue weighted by atomic mass is 16.5. The third-order valence-corrected chi connectivity index (χ3v) is 6.18. The van der Waals surface area contributed by atoms with Crippen LogP contribution in [-0.4, -0.2) is 35.9 Å². The lowest BCUT2D eigenvalue weighted by Gasteiger charge is -2.34. The molecule has 144 valence electrons. The second-order valence-electron chi connectivity index (χ2n) is 8.00. The van der Waals surface area contributed by atoms with Gasteiger partial charge < -0.3 is 19.5 Å². The normalized spacial score (nSPS) is 23.1. The van der Waals surface area contributed by atoms with Crippen LogP contribution in [0.1, 0.15) is 61.1 Å². The molecule has 2 aromatic rings. The molecule has 1 aliphatic carbocycles. The van der Waals surface area contributed by atoms with Crippen LogP contribution in [0.4, 0.5) is 5.69 Å². The highest BCUT2D eigenvalue weighted by molar-refractivity contribution is 5.52. The molecular weight excluding hydrogens is 340 g/mol. The van der Waals surface area contributed by atoms with Crippen molar-refractivity contribution in [2.24, 2.45) is 0 Å². The number of fused-ring (bicyclic) bond motifs is 1. The van der Waals surface area contributed by atoms with Crippen LogP contribution in [0.15, 0.2) is 22.7 Å². The highest BCUT2D eigenvalue weighted by Gasteiger charge is 2.25. The third kappa shape index (κ3) is 3.73. The first kappa shape index (κ1) is 17.2. The fourth-order valence-electron chi connectivity index (χ4n) is 4.57. The zero-order valence-corrected chi connectivity index (χ0v) is 15.8. The topological polar surface area (TPSA) is 63.4 Å². The molecule has 5 rings (SSSR count). The minimum atomic E-state index is 0.00168. The predicted molar refractivity (Wildman–Crippen MR) is 103 cm³/mol. The number of aromatic nitrogens is 2. The van der Waals surface area contributed by atoms with E-state index in [1.54, 1.807) is 11.1 Å². The lowest BCUT2D eigenvalue weighted by Crippen LogP contribution is -2.42. The van der Waals surface area contributed by atoms with Gasteiger partial charge in [-0.3, -0.25) is 0 Å². The lowest BCUT2D eigenvalue weighted by molar-refractivity contribution is 0.0835. The van der Waals surface area contributed by atoms with E-state index < -0.39 is 0 Å². The van der Waals surface area contributed by atoms with Crippen molar-refractivity contribution in [3.05, 3.63) is 41.0 Å². The van der Waals surface area contributed by atoms with Crippen molar-refractivity contribution >= 4 is 5.69 Å². The van der Waals surface area contributed by atoms with E-state index in [-0.39, 0.29) is 6.10 Å². The molecule has 3 aliphatic rings. The van der Waals surface area contributed by atoms with Gasteiger partial charge in [0.05, 0.1) is 6.54 Å². The summed E-state index contributed by atoms with van der Waals surface area (Å²) in [4.78, 5) is 7.03. The molecule has 6 heteroatoms. The SMILES string of the molecule is c1cc2c(cc1N1CCC(NCc3noc(C4CCCO4)n3)CC1)CCC2. The molecule has 3 heterocycles. The Morgan fingerprint density at radius 2 is 1.96 bits per heavy atom. The van der Waals surface area contributed by atoms with Gasteiger partial charge >= 0.3 is 0 Å². The second-order valence-corrected chi connectivity index (χ2v) is 8.00. The summed E-state index contributed by atoms with van der Waals surface area (Å²) in [6.45, 7) is 3.66. The maximum atomic E-state index is 5.61. The van der Waals surface area contributed by atoms with E-state index in [0.717, 1.165) is 51.2 Å². The monoisotopic (exact) mass is 368 g/mol. The summed E-state index contributed by atoms with van der Waals surface area (Å²) in [6.07, 6.45) is 8.17. The van der Waals surface area contributed by atoms with Crippen molar-refractivity contribution in [1.29, 1.82) is 0 Å². The number of aryl methyl sites for hydroxylation is 2. The molecule has 2 fully saturated rings. The third-order valence-electron chi connectivity index (χ3n) is 6.18. The van der Waals surface area contributed by atoms with Gasteiger partial charge in [0, 0.05) is 31.4 Å². The first-order valence-electron chi connectivity index (χ1n) is 10.4. The average Bonchev–Trinajstić information content (AvgIpc) is 3.47. The van der Waals surface area contributed by atoms with Crippen molar-refractivity contribution < 1.29 is 9.26 Å². The molecule has 1 atom stereocenters. The molecule has 1 aromatic carbocycles. The Hall–Kier alpha value is -1.92. The number of hydrogen-bond acceptors (Lipinski definition) is 6. The highest BCUT2D eigenvalue weighted by Crippen LogP contribution is 2.29. The number of nitrogens with zero attached hydrogens (tertiary/aromatic N) is 3. The van der Waals surface area contributed by atoms with Gasteiger partial charge in [0.2, 0.25) is 0 Å². The van der Waals surface area contributed by atoms with Crippen LogP contribution >= 0.6 is 0 Å². The van der Waals surface area contributed by atoms with Gasteiger partial charge in [0.1, 0.15) is 6.10 Å². The van der Waals surface area contributed by atoms with Crippen molar-refractivity contribution in [2.45, 2.75) is 63.6 Å². The quantitative estimate of drug-likeness (QED) is 0.875. The maximum absolute atomic E-state index is 5.61. The van der Waals surface area contributed by atoms with Crippen LogP contribution in [-0.2, 0) is 24.1 Å². The zero-order chi connectivity index (χ0) is 18.1. The number of benzene rings is 1. The average molecular weight is 368 g/mol. The van der Waals surface area contributed by atoms with Crippen LogP contribution in [0.2, 0.25) is 0 Å². The summed E-state index contributed by atoms with van der Waals surface area (Å²) >= 11 is 0. The predicted octanol–water partition coefficient (Wildman–Crippen LogP) is 3.17. The molecule has 0 amide bonds. The molecular formula is C21H28N4O2. The van der Waals surface area contributed by atoms with Gasteiger partial charge in [0.25, 0.3) is 5.89 Å². The Bertz CT molecular complexity index is 776. The standard InChI is InChI=1S/C21H28N4O2/c1-3-15-6-7-18(13-16(15)4-1)25-10-8-17(9-11-25)22-14-20-23-21(27-24-20)19-5-2-12-26-19/h6-7,13,17,19,22H,1-5,8-12,14H2. The number of nitrogens with one attached hydrogen (secondary N) is 1. The van der Waals surface area contributed by atoms with Crippen LogP contribution in [0, 0.1) is 0 Å². The smallest absolute Gasteiger partial charge is 0.255 e. The van der Waals surface area contributed by atoms with E-state index in [4.69, 9.17) is 9.26 Å². The number of anilines is 1. The lowest BCUT2D eigenvalue weighted by atomic mass is 10.0. The van der Waals surface area contributed by atoms with E-state index in [2.05, 4.69) is 38.6 Å². The van der Waals surface area contributed by atoms with E-state index in [9.17, 15) is 0 Å². The maximum Gasteiger partial charge on any atom is 0.255 e. The molecule has 0 spiro atoms. The van der Waals surface area contributed by atoms with Crippen LogP contribution in [0.25, 0.3) is 0 Å². The fourth-order valence-corrected chi connectivity index (χ4v) is 4.57. The minimum Gasteiger partial charge on any atom is -0.371 e. The summed E-state index contributed by atoms with van der Waals surface area (Å²) < 4.78 is 11.0. The molecule has 2 saturated heterocycles. The number of hydrogen-bond donors (Lipinski definition) is 1. The number of ether oxygens (including phenoxy) is 1. The van der Waals surface area contributed by atoms with Crippen molar-refractivity contribution in [3.63, 3.8) is 0 Å². The Kier molecular flexibility index (Phi) is 4.84. The van der Waals surface area contributed by atoms with Gasteiger partial charge in [-0.15, -0.1) is 0 Å². The summed E-state index contributed by atoms with van der Waals surface area (Å²) in [5.74, 6) is 1.37. The molecule has 2 aliphatic heterocycles. The first-order valence-corrected chi connectivity index (χ1v) is 10.4. The Morgan fingerprint density at radius 3 is 2.81 bits per heavy atom. The first-order chi connectivity index (χ1) is 13.3. The van der Waals surface area contributed by atoms with Gasteiger partial charge in [-0.1, -0.05) is 11.2 Å². The molecule has 0 bridgehead atoms. The molecule has 1 N–H and O–H groups in total. The van der Waals surface area contributed by atoms with E-state index in [1.807, 2.05) is 0 Å². The molecule has 6 nitrogen and oxygen atoms in total. The van der Waals surface area contributed by atoms with Gasteiger partial charge in [-0.2, -0.15) is 4.98 Å².